The fourth-order valence-electron chi connectivity index (χ4n) is 4.03. The summed E-state index contributed by atoms with van der Waals surface area (Å²) in [6.45, 7) is 3.36. The number of hydrogen-bond donors (Lipinski definition) is 0. The van der Waals surface area contributed by atoms with E-state index >= 15 is 0 Å². The third-order valence-electron chi connectivity index (χ3n) is 5.92. The lowest BCUT2D eigenvalue weighted by Gasteiger charge is -2.35. The Bertz CT molecular complexity index is 986. The number of carbonyl (C=O) groups is 2. The molecule has 0 aliphatic carbocycles. The zero-order valence-corrected chi connectivity index (χ0v) is 18.6. The highest BCUT2D eigenvalue weighted by Gasteiger charge is 2.25. The first-order valence-corrected chi connectivity index (χ1v) is 11.3. The molecule has 1 saturated heterocycles. The van der Waals surface area contributed by atoms with Gasteiger partial charge in [-0.1, -0.05) is 48.0 Å². The first kappa shape index (κ1) is 22.4. The van der Waals surface area contributed by atoms with Gasteiger partial charge in [0.15, 0.2) is 0 Å². The summed E-state index contributed by atoms with van der Waals surface area (Å²) in [5, 5.41) is 6.34. The third kappa shape index (κ3) is 5.34. The summed E-state index contributed by atoms with van der Waals surface area (Å²) in [5.41, 5.74) is 2.41. The van der Waals surface area contributed by atoms with E-state index in [1.165, 1.54) is 11.1 Å². The van der Waals surface area contributed by atoms with Gasteiger partial charge in [-0.3, -0.25) is 14.5 Å². The molecule has 2 aliphatic heterocycles. The zero-order chi connectivity index (χ0) is 22.5. The van der Waals surface area contributed by atoms with Crippen molar-refractivity contribution < 1.29 is 14.0 Å². The summed E-state index contributed by atoms with van der Waals surface area (Å²) in [5.74, 6) is -0.472. The molecule has 2 aliphatic rings. The average Bonchev–Trinajstić information content (AvgIpc) is 3.31. The predicted molar refractivity (Wildman–Crippen MR) is 122 cm³/mol. The van der Waals surface area contributed by atoms with Crippen LogP contribution in [0.4, 0.5) is 4.39 Å². The molecule has 168 valence electrons. The van der Waals surface area contributed by atoms with Crippen LogP contribution in [0.1, 0.15) is 30.4 Å². The van der Waals surface area contributed by atoms with Crippen LogP contribution in [-0.2, 0) is 16.1 Å². The molecule has 32 heavy (non-hydrogen) atoms. The van der Waals surface area contributed by atoms with Crippen molar-refractivity contribution in [2.24, 2.45) is 5.10 Å². The number of benzene rings is 2. The number of halogens is 2. The van der Waals surface area contributed by atoms with Crippen molar-refractivity contribution in [1.29, 1.82) is 0 Å². The Hall–Kier alpha value is -2.77. The summed E-state index contributed by atoms with van der Waals surface area (Å²) >= 11 is 6.12. The van der Waals surface area contributed by atoms with Crippen molar-refractivity contribution in [2.45, 2.75) is 25.8 Å². The third-order valence-corrected chi connectivity index (χ3v) is 6.27. The molecule has 0 radical (unpaired) electrons. The topological polar surface area (TPSA) is 56.2 Å². The molecule has 0 bridgehead atoms. The van der Waals surface area contributed by atoms with Crippen molar-refractivity contribution in [1.82, 2.24) is 14.8 Å². The fraction of sp³-hybridized carbons (Fsp3) is 0.375. The number of hydrazone groups is 1. The van der Waals surface area contributed by atoms with Crippen molar-refractivity contribution >= 4 is 29.1 Å². The highest BCUT2D eigenvalue weighted by molar-refractivity contribution is 6.31. The van der Waals surface area contributed by atoms with Gasteiger partial charge in [0.1, 0.15) is 5.82 Å². The van der Waals surface area contributed by atoms with Crippen LogP contribution in [0.3, 0.4) is 0 Å². The maximum absolute atomic E-state index is 14.0. The van der Waals surface area contributed by atoms with Crippen LogP contribution in [0.2, 0.25) is 5.02 Å². The predicted octanol–water partition coefficient (Wildman–Crippen LogP) is 3.54. The molecule has 0 aromatic heterocycles. The van der Waals surface area contributed by atoms with Crippen LogP contribution in [0.5, 0.6) is 0 Å². The Morgan fingerprint density at radius 3 is 2.34 bits per heavy atom. The minimum atomic E-state index is -0.311. The van der Waals surface area contributed by atoms with E-state index < -0.39 is 0 Å². The standard InChI is InChI=1S/C24H26ClFN4O2/c25-20-7-4-8-21(26)19(20)17-28-13-15-29(16-14-28)23(31)9-10-24(32)30-12-11-22(27-30)18-5-2-1-3-6-18/h1-8H,9-17H2. The van der Waals surface area contributed by atoms with Gasteiger partial charge in [-0.05, 0) is 17.7 Å². The molecular weight excluding hydrogens is 431 g/mol. The van der Waals surface area contributed by atoms with E-state index in [0.29, 0.717) is 49.9 Å². The molecule has 1 fully saturated rings. The molecular formula is C24H26ClFN4O2. The number of nitrogens with zero attached hydrogens (tertiary/aromatic N) is 4. The smallest absolute Gasteiger partial charge is 0.243 e. The van der Waals surface area contributed by atoms with Crippen LogP contribution in [0.25, 0.3) is 0 Å². The van der Waals surface area contributed by atoms with Gasteiger partial charge in [0.25, 0.3) is 0 Å². The molecule has 0 atom stereocenters. The monoisotopic (exact) mass is 456 g/mol. The quantitative estimate of drug-likeness (QED) is 0.668. The highest BCUT2D eigenvalue weighted by atomic mass is 35.5. The lowest BCUT2D eigenvalue weighted by molar-refractivity contribution is -0.137. The van der Waals surface area contributed by atoms with Gasteiger partial charge >= 0.3 is 0 Å². The number of amides is 2. The Morgan fingerprint density at radius 2 is 1.62 bits per heavy atom. The summed E-state index contributed by atoms with van der Waals surface area (Å²) in [6, 6.07) is 14.5. The van der Waals surface area contributed by atoms with Gasteiger partial charge < -0.3 is 4.90 Å². The van der Waals surface area contributed by atoms with Crippen molar-refractivity contribution in [3.8, 4) is 0 Å². The van der Waals surface area contributed by atoms with Crippen molar-refractivity contribution in [3.63, 3.8) is 0 Å². The normalized spacial score (nSPS) is 16.9. The SMILES string of the molecule is O=C(CCC(=O)N1CCC(c2ccccc2)=N1)N1CCN(Cc2c(F)cccc2Cl)CC1. The van der Waals surface area contributed by atoms with Crippen LogP contribution in [0, 0.1) is 5.82 Å². The first-order chi connectivity index (χ1) is 15.5. The molecule has 0 saturated carbocycles. The van der Waals surface area contributed by atoms with Gasteiger partial charge in [0.05, 0.1) is 12.3 Å². The molecule has 2 aromatic carbocycles. The Kier molecular flexibility index (Phi) is 7.17. The molecule has 0 spiro atoms. The van der Waals surface area contributed by atoms with Crippen molar-refractivity contribution in [2.75, 3.05) is 32.7 Å². The summed E-state index contributed by atoms with van der Waals surface area (Å²) in [4.78, 5) is 29.0. The molecule has 2 amide bonds. The van der Waals surface area contributed by atoms with Gasteiger partial charge in [-0.25, -0.2) is 9.40 Å². The first-order valence-electron chi connectivity index (χ1n) is 10.9. The van der Waals surface area contributed by atoms with Crippen LogP contribution in [-0.4, -0.2) is 65.1 Å². The molecule has 8 heteroatoms. The molecule has 4 rings (SSSR count). The van der Waals surface area contributed by atoms with E-state index in [4.69, 9.17) is 11.6 Å². The number of hydrogen-bond acceptors (Lipinski definition) is 4. The van der Waals surface area contributed by atoms with Crippen LogP contribution >= 0.6 is 11.6 Å². The number of carbonyl (C=O) groups excluding carboxylic acids is 2. The summed E-state index contributed by atoms with van der Waals surface area (Å²) in [6.07, 6.45) is 1.04. The van der Waals surface area contributed by atoms with E-state index in [0.717, 1.165) is 17.7 Å². The average molecular weight is 457 g/mol. The maximum Gasteiger partial charge on any atom is 0.243 e. The van der Waals surface area contributed by atoms with E-state index in [9.17, 15) is 14.0 Å². The largest absolute Gasteiger partial charge is 0.340 e. The zero-order valence-electron chi connectivity index (χ0n) is 17.8. The van der Waals surface area contributed by atoms with Gasteiger partial charge in [-0.15, -0.1) is 0 Å². The van der Waals surface area contributed by atoms with Gasteiger partial charge in [0.2, 0.25) is 11.8 Å². The van der Waals surface area contributed by atoms with Gasteiger partial charge in [-0.2, -0.15) is 5.10 Å². The number of rotatable bonds is 6. The highest BCUT2D eigenvalue weighted by Crippen LogP contribution is 2.21. The summed E-state index contributed by atoms with van der Waals surface area (Å²) in [7, 11) is 0. The minimum Gasteiger partial charge on any atom is -0.340 e. The van der Waals surface area contributed by atoms with E-state index in [1.54, 1.807) is 17.0 Å². The Balaban J connectivity index is 1.22. The second-order valence-electron chi connectivity index (χ2n) is 8.04. The molecule has 2 heterocycles. The lowest BCUT2D eigenvalue weighted by Crippen LogP contribution is -2.48. The second kappa shape index (κ2) is 10.2. The van der Waals surface area contributed by atoms with Crippen molar-refractivity contribution in [3.05, 3.63) is 70.5 Å². The molecule has 6 nitrogen and oxygen atoms in total. The summed E-state index contributed by atoms with van der Waals surface area (Å²) < 4.78 is 14.0. The fourth-order valence-corrected chi connectivity index (χ4v) is 4.26. The Labute approximate surface area is 192 Å². The molecule has 0 unspecified atom stereocenters. The van der Waals surface area contributed by atoms with E-state index in [1.807, 2.05) is 30.3 Å². The molecule has 2 aromatic rings. The van der Waals surface area contributed by atoms with E-state index in [2.05, 4.69) is 10.0 Å². The van der Waals surface area contributed by atoms with Crippen LogP contribution < -0.4 is 0 Å². The number of piperazine rings is 1. The van der Waals surface area contributed by atoms with Crippen LogP contribution in [0.15, 0.2) is 53.6 Å². The van der Waals surface area contributed by atoms with E-state index in [-0.39, 0.29) is 30.5 Å². The lowest BCUT2D eigenvalue weighted by atomic mass is 10.1. The minimum absolute atomic E-state index is 0.0339. The second-order valence-corrected chi connectivity index (χ2v) is 8.44. The Morgan fingerprint density at radius 1 is 0.906 bits per heavy atom. The molecule has 0 N–H and O–H groups in total. The maximum atomic E-state index is 14.0. The van der Waals surface area contributed by atoms with Gasteiger partial charge in [0, 0.05) is 62.6 Å².